The number of ketones is 1. The van der Waals surface area contributed by atoms with Gasteiger partial charge in [0.1, 0.15) is 17.2 Å². The maximum absolute atomic E-state index is 13.8. The van der Waals surface area contributed by atoms with E-state index < -0.39 is 11.9 Å². The number of allylic oxidation sites excluding steroid dienone is 3. The van der Waals surface area contributed by atoms with Gasteiger partial charge in [0, 0.05) is 29.0 Å². The lowest BCUT2D eigenvalue weighted by atomic mass is 9.71. The molecule has 2 atom stereocenters. The summed E-state index contributed by atoms with van der Waals surface area (Å²) in [5.74, 6) is 1.08. The third-order valence-corrected chi connectivity index (χ3v) is 6.93. The van der Waals surface area contributed by atoms with Crippen molar-refractivity contribution in [3.05, 3.63) is 76.1 Å². The average Bonchev–Trinajstić information content (AvgIpc) is 2.90. The first-order valence-corrected chi connectivity index (χ1v) is 12.5. The number of hydrogen-bond donors (Lipinski definition) is 1. The first kappa shape index (κ1) is 26.3. The van der Waals surface area contributed by atoms with Crippen LogP contribution in [-0.2, 0) is 14.3 Å². The number of nitrogens with one attached hydrogen (secondary N) is 1. The van der Waals surface area contributed by atoms with E-state index in [-0.39, 0.29) is 24.2 Å². The molecule has 1 aliphatic carbocycles. The second-order valence-corrected chi connectivity index (χ2v) is 9.89. The summed E-state index contributed by atoms with van der Waals surface area (Å²) in [5, 5.41) is 3.40. The Morgan fingerprint density at radius 2 is 1.65 bits per heavy atom. The minimum absolute atomic E-state index is 0.00824. The summed E-state index contributed by atoms with van der Waals surface area (Å²) >= 11 is 0. The van der Waals surface area contributed by atoms with Crippen molar-refractivity contribution >= 4 is 11.8 Å². The number of ether oxygens (including phenoxy) is 4. The lowest BCUT2D eigenvalue weighted by Crippen LogP contribution is -2.36. The van der Waals surface area contributed by atoms with E-state index in [2.05, 4.69) is 5.32 Å². The average molecular weight is 506 g/mol. The standard InChI is InChI=1S/C30H35NO6/c1-17(2)16-37-30(33)27-18(3)31-24-13-20(19-7-9-21(34-4)10-8-19)14-25(32)29(24)28(27)23-15-22(35-5)11-12-26(23)36-6/h7-12,15,17,20,28,31H,13-14,16H2,1-6H3. The van der Waals surface area contributed by atoms with E-state index in [9.17, 15) is 9.59 Å². The molecule has 0 saturated heterocycles. The van der Waals surface area contributed by atoms with Crippen molar-refractivity contribution in [3.63, 3.8) is 0 Å². The van der Waals surface area contributed by atoms with E-state index in [0.29, 0.717) is 46.7 Å². The molecule has 1 N–H and O–H groups in total. The Kier molecular flexibility index (Phi) is 7.91. The highest BCUT2D eigenvalue weighted by Gasteiger charge is 2.42. The molecule has 0 fully saturated rings. The Morgan fingerprint density at radius 1 is 0.973 bits per heavy atom. The molecule has 196 valence electrons. The molecular weight excluding hydrogens is 470 g/mol. The topological polar surface area (TPSA) is 83.1 Å². The monoisotopic (exact) mass is 505 g/mol. The van der Waals surface area contributed by atoms with Gasteiger partial charge in [0.25, 0.3) is 0 Å². The van der Waals surface area contributed by atoms with Crippen molar-refractivity contribution in [3.8, 4) is 17.2 Å². The van der Waals surface area contributed by atoms with E-state index in [4.69, 9.17) is 18.9 Å². The summed E-state index contributed by atoms with van der Waals surface area (Å²) in [6.07, 6.45) is 0.977. The van der Waals surface area contributed by atoms with Crippen LogP contribution in [0.5, 0.6) is 17.2 Å². The molecule has 37 heavy (non-hydrogen) atoms. The summed E-state index contributed by atoms with van der Waals surface area (Å²) < 4.78 is 22.1. The van der Waals surface area contributed by atoms with Gasteiger partial charge in [-0.05, 0) is 61.1 Å². The maximum atomic E-state index is 13.8. The Labute approximate surface area is 218 Å². The van der Waals surface area contributed by atoms with E-state index in [0.717, 1.165) is 17.0 Å². The third-order valence-electron chi connectivity index (χ3n) is 6.93. The minimum Gasteiger partial charge on any atom is -0.497 e. The van der Waals surface area contributed by atoms with Crippen LogP contribution < -0.4 is 19.5 Å². The van der Waals surface area contributed by atoms with Crippen molar-refractivity contribution < 1.29 is 28.5 Å². The number of hydrogen-bond acceptors (Lipinski definition) is 7. The smallest absolute Gasteiger partial charge is 0.336 e. The summed E-state index contributed by atoms with van der Waals surface area (Å²) in [6.45, 7) is 6.12. The SMILES string of the molecule is COc1ccc(C2CC(=O)C3=C(C2)NC(C)=C(C(=O)OCC(C)C)C3c2cc(OC)ccc2OC)cc1. The van der Waals surface area contributed by atoms with Crippen molar-refractivity contribution in [2.45, 2.75) is 45.4 Å². The van der Waals surface area contributed by atoms with Gasteiger partial charge in [0.05, 0.1) is 39.4 Å². The molecule has 7 nitrogen and oxygen atoms in total. The van der Waals surface area contributed by atoms with Crippen LogP contribution >= 0.6 is 0 Å². The lowest BCUT2D eigenvalue weighted by Gasteiger charge is -2.37. The largest absolute Gasteiger partial charge is 0.497 e. The molecular formula is C30H35NO6. The van der Waals surface area contributed by atoms with Crippen LogP contribution in [0.15, 0.2) is 65.0 Å². The van der Waals surface area contributed by atoms with Gasteiger partial charge in [-0.1, -0.05) is 26.0 Å². The molecule has 0 aromatic heterocycles. The van der Waals surface area contributed by atoms with Crippen molar-refractivity contribution in [2.75, 3.05) is 27.9 Å². The molecule has 0 bridgehead atoms. The lowest BCUT2D eigenvalue weighted by molar-refractivity contribution is -0.140. The number of benzene rings is 2. The first-order chi connectivity index (χ1) is 17.8. The number of dihydropyridines is 1. The van der Waals surface area contributed by atoms with Crippen molar-refractivity contribution in [2.24, 2.45) is 5.92 Å². The molecule has 2 aromatic carbocycles. The van der Waals surface area contributed by atoms with Crippen LogP contribution in [-0.4, -0.2) is 39.7 Å². The second kappa shape index (κ2) is 11.1. The molecule has 0 spiro atoms. The van der Waals surface area contributed by atoms with Gasteiger partial charge in [-0.2, -0.15) is 0 Å². The maximum Gasteiger partial charge on any atom is 0.336 e. The number of Topliss-reactive ketones (excluding diaryl/α,β-unsaturated/α-hetero) is 1. The highest BCUT2D eigenvalue weighted by molar-refractivity contribution is 6.04. The Balaban J connectivity index is 1.81. The number of rotatable bonds is 8. The number of carbonyl (C=O) groups excluding carboxylic acids is 2. The molecule has 7 heteroatoms. The highest BCUT2D eigenvalue weighted by Crippen LogP contribution is 2.48. The summed E-state index contributed by atoms with van der Waals surface area (Å²) in [6, 6.07) is 13.3. The van der Waals surface area contributed by atoms with E-state index in [1.165, 1.54) is 0 Å². The predicted octanol–water partition coefficient (Wildman–Crippen LogP) is 5.27. The summed E-state index contributed by atoms with van der Waals surface area (Å²) in [4.78, 5) is 27.3. The van der Waals surface area contributed by atoms with Gasteiger partial charge in [-0.15, -0.1) is 0 Å². The van der Waals surface area contributed by atoms with Crippen LogP contribution in [0.4, 0.5) is 0 Å². The summed E-state index contributed by atoms with van der Waals surface area (Å²) in [7, 11) is 4.80. The normalized spacial score (nSPS) is 19.4. The Hall–Kier alpha value is -3.74. The first-order valence-electron chi connectivity index (χ1n) is 12.5. The van der Waals surface area contributed by atoms with Crippen LogP contribution in [0.3, 0.4) is 0 Å². The van der Waals surface area contributed by atoms with Gasteiger partial charge < -0.3 is 24.3 Å². The van der Waals surface area contributed by atoms with Gasteiger partial charge in [0.15, 0.2) is 5.78 Å². The molecule has 0 radical (unpaired) electrons. The van der Waals surface area contributed by atoms with Crippen LogP contribution in [0, 0.1) is 5.92 Å². The van der Waals surface area contributed by atoms with E-state index in [1.807, 2.05) is 51.1 Å². The highest BCUT2D eigenvalue weighted by atomic mass is 16.5. The molecule has 2 aliphatic rings. The van der Waals surface area contributed by atoms with Crippen molar-refractivity contribution in [1.29, 1.82) is 0 Å². The molecule has 1 aliphatic heterocycles. The third kappa shape index (κ3) is 5.36. The Bertz CT molecular complexity index is 1240. The molecule has 0 saturated carbocycles. The van der Waals surface area contributed by atoms with Gasteiger partial charge in [0.2, 0.25) is 0 Å². The van der Waals surface area contributed by atoms with Gasteiger partial charge in [-0.3, -0.25) is 4.79 Å². The minimum atomic E-state index is -0.634. The zero-order valence-corrected chi connectivity index (χ0v) is 22.3. The van der Waals surface area contributed by atoms with Crippen LogP contribution in [0.1, 0.15) is 56.6 Å². The molecule has 2 unspecified atom stereocenters. The van der Waals surface area contributed by atoms with Gasteiger partial charge in [-0.25, -0.2) is 4.79 Å². The van der Waals surface area contributed by atoms with Crippen LogP contribution in [0.2, 0.25) is 0 Å². The predicted molar refractivity (Wildman–Crippen MR) is 141 cm³/mol. The molecule has 0 amide bonds. The molecule has 4 rings (SSSR count). The summed E-state index contributed by atoms with van der Waals surface area (Å²) in [5.41, 5.74) is 4.26. The fourth-order valence-electron chi connectivity index (χ4n) is 5.12. The quantitative estimate of drug-likeness (QED) is 0.489. The fraction of sp³-hybridized carbons (Fsp3) is 0.400. The van der Waals surface area contributed by atoms with E-state index in [1.54, 1.807) is 33.5 Å². The number of methoxy groups -OCH3 is 3. The number of carbonyl (C=O) groups is 2. The molecule has 2 aromatic rings. The van der Waals surface area contributed by atoms with Gasteiger partial charge >= 0.3 is 5.97 Å². The number of esters is 1. The van der Waals surface area contributed by atoms with Crippen LogP contribution in [0.25, 0.3) is 0 Å². The second-order valence-electron chi connectivity index (χ2n) is 9.89. The fourth-order valence-corrected chi connectivity index (χ4v) is 5.12. The van der Waals surface area contributed by atoms with Crippen molar-refractivity contribution in [1.82, 2.24) is 5.32 Å². The van der Waals surface area contributed by atoms with E-state index >= 15 is 0 Å². The Morgan fingerprint density at radius 3 is 2.27 bits per heavy atom. The zero-order chi connectivity index (χ0) is 26.7. The molecule has 1 heterocycles. The zero-order valence-electron chi connectivity index (χ0n) is 22.3.